The van der Waals surface area contributed by atoms with Gasteiger partial charge in [-0.25, -0.2) is 13.1 Å². The SMILES string of the molecule is CCC1CCNS(=O)(=O)C1. The second kappa shape index (κ2) is 2.88. The van der Waals surface area contributed by atoms with Crippen LogP contribution in [0.15, 0.2) is 0 Å². The van der Waals surface area contributed by atoms with E-state index in [-0.39, 0.29) is 0 Å². The Morgan fingerprint density at radius 1 is 1.60 bits per heavy atom. The van der Waals surface area contributed by atoms with Crippen LogP contribution in [0.2, 0.25) is 0 Å². The van der Waals surface area contributed by atoms with Gasteiger partial charge in [0.2, 0.25) is 10.0 Å². The first-order valence-electron chi connectivity index (χ1n) is 3.61. The van der Waals surface area contributed by atoms with Crippen molar-refractivity contribution in [1.82, 2.24) is 4.72 Å². The molecule has 1 aliphatic heterocycles. The third kappa shape index (κ3) is 1.95. The Morgan fingerprint density at radius 3 is 2.70 bits per heavy atom. The molecule has 1 saturated heterocycles. The number of sulfonamides is 1. The summed E-state index contributed by atoms with van der Waals surface area (Å²) in [5.41, 5.74) is 0. The molecule has 1 fully saturated rings. The Hall–Kier alpha value is -0.0900. The first kappa shape index (κ1) is 8.01. The summed E-state index contributed by atoms with van der Waals surface area (Å²) in [5.74, 6) is 0.704. The molecule has 3 nitrogen and oxygen atoms in total. The second-order valence-corrected chi connectivity index (χ2v) is 4.59. The summed E-state index contributed by atoms with van der Waals surface area (Å²) in [7, 11) is -2.89. The molecule has 0 aromatic rings. The van der Waals surface area contributed by atoms with Gasteiger partial charge in [-0.2, -0.15) is 0 Å². The number of hydrogen-bond donors (Lipinski definition) is 1. The number of rotatable bonds is 1. The molecule has 0 bridgehead atoms. The zero-order chi connectivity index (χ0) is 7.61. The van der Waals surface area contributed by atoms with Crippen LogP contribution in [0, 0.1) is 5.92 Å². The monoisotopic (exact) mass is 163 g/mol. The van der Waals surface area contributed by atoms with Crippen molar-refractivity contribution in [2.24, 2.45) is 5.92 Å². The highest BCUT2D eigenvalue weighted by molar-refractivity contribution is 7.89. The third-order valence-electron chi connectivity index (χ3n) is 1.91. The minimum atomic E-state index is -2.89. The van der Waals surface area contributed by atoms with E-state index in [9.17, 15) is 8.42 Å². The van der Waals surface area contributed by atoms with Crippen molar-refractivity contribution in [2.45, 2.75) is 19.8 Å². The summed E-state index contributed by atoms with van der Waals surface area (Å²) < 4.78 is 24.3. The molecule has 0 radical (unpaired) electrons. The zero-order valence-corrected chi connectivity index (χ0v) is 6.95. The van der Waals surface area contributed by atoms with Crippen molar-refractivity contribution in [1.29, 1.82) is 0 Å². The van der Waals surface area contributed by atoms with E-state index in [4.69, 9.17) is 0 Å². The van der Waals surface area contributed by atoms with Crippen molar-refractivity contribution in [2.75, 3.05) is 12.3 Å². The smallest absolute Gasteiger partial charge is 0.211 e. The average Bonchev–Trinajstić information content (AvgIpc) is 1.86. The van der Waals surface area contributed by atoms with Crippen molar-refractivity contribution < 1.29 is 8.42 Å². The number of hydrogen-bond acceptors (Lipinski definition) is 2. The van der Waals surface area contributed by atoms with Crippen molar-refractivity contribution >= 4 is 10.0 Å². The second-order valence-electron chi connectivity index (χ2n) is 2.74. The lowest BCUT2D eigenvalue weighted by atomic mass is 10.1. The highest BCUT2D eigenvalue weighted by atomic mass is 32.2. The largest absolute Gasteiger partial charge is 0.215 e. The maximum absolute atomic E-state index is 10.9. The molecule has 10 heavy (non-hydrogen) atoms. The molecule has 1 N–H and O–H groups in total. The minimum absolute atomic E-state index is 0.323. The summed E-state index contributed by atoms with van der Waals surface area (Å²) in [4.78, 5) is 0. The fourth-order valence-electron chi connectivity index (χ4n) is 1.19. The van der Waals surface area contributed by atoms with E-state index in [1.807, 2.05) is 6.92 Å². The van der Waals surface area contributed by atoms with Crippen LogP contribution >= 0.6 is 0 Å². The van der Waals surface area contributed by atoms with Gasteiger partial charge in [0, 0.05) is 6.54 Å². The highest BCUT2D eigenvalue weighted by Crippen LogP contribution is 2.13. The molecule has 0 aromatic carbocycles. The molecule has 0 spiro atoms. The van der Waals surface area contributed by atoms with Gasteiger partial charge in [0.15, 0.2) is 0 Å². The van der Waals surface area contributed by atoms with Gasteiger partial charge < -0.3 is 0 Å². The molecular formula is C6H13NO2S. The normalized spacial score (nSPS) is 31.9. The molecule has 60 valence electrons. The minimum Gasteiger partial charge on any atom is -0.215 e. The maximum atomic E-state index is 10.9. The van der Waals surface area contributed by atoms with E-state index >= 15 is 0 Å². The lowest BCUT2D eigenvalue weighted by Crippen LogP contribution is -2.37. The van der Waals surface area contributed by atoms with Gasteiger partial charge in [-0.15, -0.1) is 0 Å². The van der Waals surface area contributed by atoms with Crippen LogP contribution in [0.25, 0.3) is 0 Å². The van der Waals surface area contributed by atoms with E-state index in [0.29, 0.717) is 18.2 Å². The van der Waals surface area contributed by atoms with E-state index in [1.54, 1.807) is 0 Å². The van der Waals surface area contributed by atoms with Crippen molar-refractivity contribution in [3.8, 4) is 0 Å². The molecule has 1 heterocycles. The fourth-order valence-corrected chi connectivity index (χ4v) is 2.76. The Bertz CT molecular complexity index is 198. The molecule has 1 atom stereocenters. The summed E-state index contributed by atoms with van der Waals surface area (Å²) in [6.07, 6.45) is 1.97. The van der Waals surface area contributed by atoms with E-state index in [1.165, 1.54) is 0 Å². The van der Waals surface area contributed by atoms with Gasteiger partial charge >= 0.3 is 0 Å². The van der Waals surface area contributed by atoms with E-state index in [2.05, 4.69) is 4.72 Å². The van der Waals surface area contributed by atoms with E-state index < -0.39 is 10.0 Å². The molecule has 0 aromatic heterocycles. The Kier molecular flexibility index (Phi) is 2.31. The summed E-state index contributed by atoms with van der Waals surface area (Å²) in [6.45, 7) is 2.66. The van der Waals surface area contributed by atoms with Crippen LogP contribution in [-0.4, -0.2) is 20.7 Å². The van der Waals surface area contributed by atoms with Gasteiger partial charge in [0.05, 0.1) is 5.75 Å². The summed E-state index contributed by atoms with van der Waals surface area (Å²) in [5, 5.41) is 0. The van der Waals surface area contributed by atoms with Crippen LogP contribution in [0.3, 0.4) is 0 Å². The Balaban J connectivity index is 2.56. The first-order valence-corrected chi connectivity index (χ1v) is 5.26. The van der Waals surface area contributed by atoms with Crippen LogP contribution < -0.4 is 4.72 Å². The molecule has 0 saturated carbocycles. The van der Waals surface area contributed by atoms with Gasteiger partial charge in [-0.05, 0) is 12.3 Å². The van der Waals surface area contributed by atoms with Crippen LogP contribution in [0.1, 0.15) is 19.8 Å². The maximum Gasteiger partial charge on any atom is 0.211 e. The van der Waals surface area contributed by atoms with Gasteiger partial charge in [0.1, 0.15) is 0 Å². The summed E-state index contributed by atoms with van der Waals surface area (Å²) >= 11 is 0. The van der Waals surface area contributed by atoms with Crippen molar-refractivity contribution in [3.63, 3.8) is 0 Å². The topological polar surface area (TPSA) is 46.2 Å². The predicted octanol–water partition coefficient (Wildman–Crippen LogP) is 0.336. The Labute approximate surface area is 61.9 Å². The Morgan fingerprint density at radius 2 is 2.30 bits per heavy atom. The zero-order valence-electron chi connectivity index (χ0n) is 6.13. The molecule has 1 rings (SSSR count). The van der Waals surface area contributed by atoms with Crippen LogP contribution in [-0.2, 0) is 10.0 Å². The fraction of sp³-hybridized carbons (Fsp3) is 1.00. The van der Waals surface area contributed by atoms with Gasteiger partial charge in [-0.1, -0.05) is 13.3 Å². The quantitative estimate of drug-likeness (QED) is 0.605. The van der Waals surface area contributed by atoms with Crippen LogP contribution in [0.4, 0.5) is 0 Å². The average molecular weight is 163 g/mol. The number of nitrogens with one attached hydrogen (secondary N) is 1. The molecule has 1 aliphatic rings. The van der Waals surface area contributed by atoms with E-state index in [0.717, 1.165) is 12.8 Å². The summed E-state index contributed by atoms with van der Waals surface area (Å²) in [6, 6.07) is 0. The first-order chi connectivity index (χ1) is 4.64. The van der Waals surface area contributed by atoms with Gasteiger partial charge in [0.25, 0.3) is 0 Å². The molecule has 1 unspecified atom stereocenters. The molecule has 4 heteroatoms. The molecule has 0 aliphatic carbocycles. The standard InChI is InChI=1S/C6H13NO2S/c1-2-6-3-4-7-10(8,9)5-6/h6-7H,2-5H2,1H3. The lowest BCUT2D eigenvalue weighted by molar-refractivity contribution is 0.468. The highest BCUT2D eigenvalue weighted by Gasteiger charge is 2.22. The lowest BCUT2D eigenvalue weighted by Gasteiger charge is -2.20. The molecule has 0 amide bonds. The van der Waals surface area contributed by atoms with Crippen LogP contribution in [0.5, 0.6) is 0 Å². The molecular weight excluding hydrogens is 150 g/mol. The van der Waals surface area contributed by atoms with Crippen molar-refractivity contribution in [3.05, 3.63) is 0 Å². The third-order valence-corrected chi connectivity index (χ3v) is 3.46. The van der Waals surface area contributed by atoms with Gasteiger partial charge in [-0.3, -0.25) is 0 Å². The predicted molar refractivity (Wildman–Crippen MR) is 40.2 cm³/mol.